The molecule has 0 atom stereocenters. The predicted octanol–water partition coefficient (Wildman–Crippen LogP) is 2.24. The molecule has 2 rings (SSSR count). The Balaban J connectivity index is 2.65. The first-order chi connectivity index (χ1) is 8.13. The molecule has 2 aromatic rings. The first-order valence-electron chi connectivity index (χ1n) is 5.05. The van der Waals surface area contributed by atoms with Crippen LogP contribution in [0.5, 0.6) is 0 Å². The number of hydrogen-bond donors (Lipinski definition) is 1. The quantitative estimate of drug-likeness (QED) is 0.630. The monoisotopic (exact) mass is 226 g/mol. The van der Waals surface area contributed by atoms with Gasteiger partial charge in [0.25, 0.3) is 0 Å². The zero-order valence-electron chi connectivity index (χ0n) is 9.21. The van der Waals surface area contributed by atoms with Gasteiger partial charge in [-0.1, -0.05) is 6.07 Å². The Morgan fingerprint density at radius 3 is 2.94 bits per heavy atom. The first-order valence-corrected chi connectivity index (χ1v) is 5.05. The van der Waals surface area contributed by atoms with Gasteiger partial charge in [0.05, 0.1) is 5.52 Å². The number of carboxylic acids is 1. The maximum atomic E-state index is 10.8. The molecule has 2 aromatic heterocycles. The van der Waals surface area contributed by atoms with Crippen molar-refractivity contribution in [3.05, 3.63) is 47.3 Å². The van der Waals surface area contributed by atoms with E-state index in [4.69, 9.17) is 10.4 Å². The van der Waals surface area contributed by atoms with Crippen LogP contribution in [0.1, 0.15) is 11.3 Å². The Bertz CT molecular complexity index is 660. The van der Waals surface area contributed by atoms with Gasteiger partial charge in [-0.15, -0.1) is 0 Å². The Labute approximate surface area is 98.0 Å². The van der Waals surface area contributed by atoms with Crippen LogP contribution in [0.2, 0.25) is 0 Å². The van der Waals surface area contributed by atoms with E-state index in [1.54, 1.807) is 6.07 Å². The average molecular weight is 226 g/mol. The van der Waals surface area contributed by atoms with E-state index in [0.29, 0.717) is 0 Å². The second-order valence-electron chi connectivity index (χ2n) is 3.67. The van der Waals surface area contributed by atoms with Gasteiger partial charge in [0.2, 0.25) is 0 Å². The third kappa shape index (κ3) is 1.91. The summed E-state index contributed by atoms with van der Waals surface area (Å²) in [6.45, 7) is 1.93. The summed E-state index contributed by atoms with van der Waals surface area (Å²) in [7, 11) is 0. The number of rotatable bonds is 2. The molecule has 2 heterocycles. The van der Waals surface area contributed by atoms with Gasteiger partial charge in [-0.25, -0.2) is 4.79 Å². The van der Waals surface area contributed by atoms with Crippen molar-refractivity contribution in [2.75, 3.05) is 0 Å². The maximum Gasteiger partial charge on any atom is 0.346 e. The summed E-state index contributed by atoms with van der Waals surface area (Å²) in [5.41, 5.74) is 2.36. The largest absolute Gasteiger partial charge is 0.477 e. The van der Waals surface area contributed by atoms with Crippen LogP contribution >= 0.6 is 0 Å². The molecule has 0 aliphatic heterocycles. The molecule has 4 nitrogen and oxygen atoms in total. The molecule has 0 bridgehead atoms. The van der Waals surface area contributed by atoms with E-state index in [1.807, 2.05) is 41.8 Å². The SMILES string of the molecule is Cc1cc(C=C(C#N)C(=O)O)c2ccccn12. The number of pyridine rings is 1. The Hall–Kier alpha value is -2.54. The smallest absolute Gasteiger partial charge is 0.346 e. The van der Waals surface area contributed by atoms with Crippen molar-refractivity contribution in [3.63, 3.8) is 0 Å². The molecule has 0 amide bonds. The number of aryl methyl sites for hydroxylation is 1. The number of aliphatic carboxylic acids is 1. The molecular weight excluding hydrogens is 216 g/mol. The molecule has 4 heteroatoms. The highest BCUT2D eigenvalue weighted by atomic mass is 16.4. The van der Waals surface area contributed by atoms with Gasteiger partial charge in [0, 0.05) is 17.5 Å². The number of carboxylic acid groups (broad SMARTS) is 1. The van der Waals surface area contributed by atoms with E-state index in [1.165, 1.54) is 6.08 Å². The average Bonchev–Trinajstić information content (AvgIpc) is 2.63. The lowest BCUT2D eigenvalue weighted by molar-refractivity contribution is -0.132. The number of hydrogen-bond acceptors (Lipinski definition) is 2. The maximum absolute atomic E-state index is 10.8. The second kappa shape index (κ2) is 4.14. The second-order valence-corrected chi connectivity index (χ2v) is 3.67. The summed E-state index contributed by atoms with van der Waals surface area (Å²) in [6.07, 6.45) is 3.29. The minimum absolute atomic E-state index is 0.263. The van der Waals surface area contributed by atoms with Crippen LogP contribution in [-0.2, 0) is 4.79 Å². The molecule has 0 aliphatic rings. The highest BCUT2D eigenvalue weighted by Gasteiger charge is 2.09. The zero-order valence-corrected chi connectivity index (χ0v) is 9.21. The fourth-order valence-corrected chi connectivity index (χ4v) is 1.77. The van der Waals surface area contributed by atoms with Crippen LogP contribution in [-0.4, -0.2) is 15.5 Å². The predicted molar refractivity (Wildman–Crippen MR) is 63.4 cm³/mol. The summed E-state index contributed by atoms with van der Waals surface area (Å²) in [5, 5.41) is 17.5. The van der Waals surface area contributed by atoms with Crippen molar-refractivity contribution in [1.82, 2.24) is 4.40 Å². The lowest BCUT2D eigenvalue weighted by Crippen LogP contribution is -1.97. The molecule has 17 heavy (non-hydrogen) atoms. The minimum atomic E-state index is -1.21. The van der Waals surface area contributed by atoms with Gasteiger partial charge >= 0.3 is 5.97 Å². The van der Waals surface area contributed by atoms with Gasteiger partial charge in [-0.05, 0) is 31.2 Å². The summed E-state index contributed by atoms with van der Waals surface area (Å²) >= 11 is 0. The Morgan fingerprint density at radius 1 is 1.53 bits per heavy atom. The van der Waals surface area contributed by atoms with Crippen molar-refractivity contribution < 1.29 is 9.90 Å². The van der Waals surface area contributed by atoms with Crippen LogP contribution in [0.15, 0.2) is 36.0 Å². The summed E-state index contributed by atoms with van der Waals surface area (Å²) < 4.78 is 1.95. The first kappa shape index (κ1) is 11.0. The van der Waals surface area contributed by atoms with Crippen LogP contribution in [0, 0.1) is 18.3 Å². The highest BCUT2D eigenvalue weighted by molar-refractivity contribution is 5.97. The molecule has 0 radical (unpaired) electrons. The topological polar surface area (TPSA) is 65.5 Å². The minimum Gasteiger partial charge on any atom is -0.477 e. The van der Waals surface area contributed by atoms with Gasteiger partial charge in [0.15, 0.2) is 0 Å². The number of fused-ring (bicyclic) bond motifs is 1. The zero-order chi connectivity index (χ0) is 12.4. The summed E-state index contributed by atoms with van der Waals surface area (Å²) in [5.74, 6) is -1.21. The van der Waals surface area contributed by atoms with Crippen molar-refractivity contribution in [1.29, 1.82) is 5.26 Å². The molecular formula is C13H10N2O2. The highest BCUT2D eigenvalue weighted by Crippen LogP contribution is 2.19. The van der Waals surface area contributed by atoms with Gasteiger partial charge in [-0.3, -0.25) is 0 Å². The Kier molecular flexibility index (Phi) is 2.67. The van der Waals surface area contributed by atoms with Gasteiger partial charge < -0.3 is 9.51 Å². The molecule has 0 saturated carbocycles. The number of nitrogens with zero attached hydrogens (tertiary/aromatic N) is 2. The van der Waals surface area contributed by atoms with Crippen molar-refractivity contribution in [2.24, 2.45) is 0 Å². The molecule has 84 valence electrons. The van der Waals surface area contributed by atoms with E-state index in [0.717, 1.165) is 16.8 Å². The van der Waals surface area contributed by atoms with Crippen LogP contribution in [0.25, 0.3) is 11.6 Å². The molecule has 0 unspecified atom stereocenters. The van der Waals surface area contributed by atoms with Crippen molar-refractivity contribution >= 4 is 17.6 Å². The third-order valence-electron chi connectivity index (χ3n) is 2.55. The number of carbonyl (C=O) groups is 1. The molecule has 1 N–H and O–H groups in total. The molecule has 0 aliphatic carbocycles. The van der Waals surface area contributed by atoms with Crippen LogP contribution in [0.4, 0.5) is 0 Å². The summed E-state index contributed by atoms with van der Waals surface area (Å²) in [6, 6.07) is 9.19. The lowest BCUT2D eigenvalue weighted by atomic mass is 10.1. The molecule has 0 saturated heterocycles. The van der Waals surface area contributed by atoms with E-state index >= 15 is 0 Å². The van der Waals surface area contributed by atoms with E-state index in [-0.39, 0.29) is 5.57 Å². The van der Waals surface area contributed by atoms with E-state index in [2.05, 4.69) is 0 Å². The van der Waals surface area contributed by atoms with Crippen molar-refractivity contribution in [3.8, 4) is 6.07 Å². The molecule has 0 aromatic carbocycles. The van der Waals surface area contributed by atoms with E-state index < -0.39 is 5.97 Å². The number of aromatic nitrogens is 1. The molecule has 0 fully saturated rings. The number of nitriles is 1. The summed E-state index contributed by atoms with van der Waals surface area (Å²) in [4.78, 5) is 10.8. The standard InChI is InChI=1S/C13H10N2O2/c1-9-6-10(7-11(8-14)13(16)17)12-4-2-3-5-15(9)12/h2-7H,1H3,(H,16,17). The van der Waals surface area contributed by atoms with Gasteiger partial charge in [-0.2, -0.15) is 5.26 Å². The molecule has 0 spiro atoms. The lowest BCUT2D eigenvalue weighted by Gasteiger charge is -1.96. The van der Waals surface area contributed by atoms with Crippen LogP contribution < -0.4 is 0 Å². The van der Waals surface area contributed by atoms with Gasteiger partial charge in [0.1, 0.15) is 11.6 Å². The fourth-order valence-electron chi connectivity index (χ4n) is 1.77. The fraction of sp³-hybridized carbons (Fsp3) is 0.0769. The van der Waals surface area contributed by atoms with E-state index in [9.17, 15) is 4.79 Å². The van der Waals surface area contributed by atoms with Crippen molar-refractivity contribution in [2.45, 2.75) is 6.92 Å². The normalized spacial score (nSPS) is 11.4. The third-order valence-corrected chi connectivity index (χ3v) is 2.55. The Morgan fingerprint density at radius 2 is 2.29 bits per heavy atom. The van der Waals surface area contributed by atoms with Crippen LogP contribution in [0.3, 0.4) is 0 Å².